The minimum absolute atomic E-state index is 0.746. The monoisotopic (exact) mass is 1130 g/mol. The van der Waals surface area contributed by atoms with Crippen LogP contribution in [0.5, 0.6) is 5.75 Å². The van der Waals surface area contributed by atoms with Crippen molar-refractivity contribution in [3.05, 3.63) is 163 Å². The summed E-state index contributed by atoms with van der Waals surface area (Å²) in [6, 6.07) is 33.0. The van der Waals surface area contributed by atoms with Gasteiger partial charge in [-0.2, -0.15) is 0 Å². The standard InChI is InChI=1S/C37H34N4O.4F6P/c1-42-37-24-31-6-7-36(37)28-41-22-14-35(15-23-41)33-10-18-39(19-11-33)26-30-4-2-29(3-5-30)25-38-16-8-32(9-17-38)34-12-20-40(27-31)21-13-34;4*1-7(2,3,4,5)6/h2-24H,25-28H2,1H3;;;;/q+4;4*-1. The van der Waals surface area contributed by atoms with Gasteiger partial charge in [-0.25, -0.2) is 18.3 Å². The molecule has 33 heteroatoms. The molecule has 0 unspecified atom stereocenters. The first-order valence-electron chi connectivity index (χ1n) is 18.4. The Hall–Kier alpha value is -5.12. The van der Waals surface area contributed by atoms with E-state index < -0.39 is 31.2 Å². The first-order valence-corrected chi connectivity index (χ1v) is 26.6. The molecule has 12 bridgehead atoms. The molecule has 0 spiro atoms. The predicted molar refractivity (Wildman–Crippen MR) is 215 cm³/mol. The first-order chi connectivity index (χ1) is 30.5. The Labute approximate surface area is 378 Å². The van der Waals surface area contributed by atoms with Crippen LogP contribution in [-0.2, 0) is 26.2 Å². The molecule has 0 fully saturated rings. The van der Waals surface area contributed by atoms with Crippen molar-refractivity contribution >= 4 is 31.2 Å². The number of nitrogens with zero attached hydrogens (tertiary/aromatic N) is 4. The van der Waals surface area contributed by atoms with Crippen molar-refractivity contribution < 1.29 is 124 Å². The zero-order valence-corrected chi connectivity index (χ0v) is 38.2. The molecule has 396 valence electrons. The van der Waals surface area contributed by atoms with E-state index in [1.807, 2.05) is 0 Å². The molecule has 20 heterocycles. The Morgan fingerprint density at radius 3 is 0.729 bits per heavy atom. The number of rotatable bonds is 1. The Morgan fingerprint density at radius 1 is 0.300 bits per heavy atom. The molecule has 0 N–H and O–H groups in total. The molecule has 0 saturated carbocycles. The summed E-state index contributed by atoms with van der Waals surface area (Å²) in [5.74, 6) is 0.911. The molecule has 0 aliphatic carbocycles. The van der Waals surface area contributed by atoms with Crippen LogP contribution >= 0.6 is 31.2 Å². The summed E-state index contributed by atoms with van der Waals surface area (Å²) in [4.78, 5) is 0. The van der Waals surface area contributed by atoms with Crippen molar-refractivity contribution in [2.75, 3.05) is 7.11 Å². The van der Waals surface area contributed by atoms with Crippen LogP contribution in [0.25, 0.3) is 22.3 Å². The van der Waals surface area contributed by atoms with Crippen LogP contribution in [0.1, 0.15) is 22.3 Å². The summed E-state index contributed by atoms with van der Waals surface area (Å²) in [6.45, 7) is 3.21. The Kier molecular flexibility index (Phi) is 14.4. The number of hydrogen-bond acceptors (Lipinski definition) is 1. The maximum absolute atomic E-state index is 10.7. The fraction of sp³-hybridized carbons (Fsp3) is 0.135. The number of benzene rings is 2. The minimum atomic E-state index is -10.7. The molecule has 0 saturated heterocycles. The van der Waals surface area contributed by atoms with Gasteiger partial charge in [0.25, 0.3) is 0 Å². The SMILES string of the molecule is COc1cc2ccc1C[n+]1ccc(cc1)-c1cc[n+](cc1)Cc1ccc(cc1)C[n+]1ccc(cc1)-c1cc[n+](cc1)C2.F[P-](F)(F)(F)(F)F.F[P-](F)(F)(F)(F)F.F[P-](F)(F)(F)(F)F.F[P-](F)(F)(F)(F)F. The molecule has 70 heavy (non-hydrogen) atoms. The molecule has 4 aromatic heterocycles. The van der Waals surface area contributed by atoms with Gasteiger partial charge in [0.2, 0.25) is 0 Å². The molecule has 0 radical (unpaired) electrons. The molecule has 16 aliphatic heterocycles. The van der Waals surface area contributed by atoms with E-state index in [1.54, 1.807) is 7.11 Å². The van der Waals surface area contributed by atoms with E-state index in [0.29, 0.717) is 0 Å². The van der Waals surface area contributed by atoms with Crippen molar-refractivity contribution in [3.63, 3.8) is 0 Å². The topological polar surface area (TPSA) is 24.7 Å². The summed E-state index contributed by atoms with van der Waals surface area (Å²) in [6.07, 6.45) is 17.2. The van der Waals surface area contributed by atoms with E-state index in [0.717, 1.165) is 37.5 Å². The molecule has 2 aromatic carbocycles. The summed E-state index contributed by atoms with van der Waals surface area (Å²) >= 11 is 0. The third kappa shape index (κ3) is 34.2. The number of hydrogen-bond donors (Lipinski definition) is 0. The van der Waals surface area contributed by atoms with Crippen LogP contribution in [0.2, 0.25) is 0 Å². The van der Waals surface area contributed by atoms with Crippen molar-refractivity contribution in [1.82, 2.24) is 0 Å². The normalized spacial score (nSPS) is 16.8. The van der Waals surface area contributed by atoms with Crippen LogP contribution < -0.4 is 23.0 Å². The molecule has 22 rings (SSSR count). The van der Waals surface area contributed by atoms with Gasteiger partial charge < -0.3 is 4.74 Å². The van der Waals surface area contributed by atoms with Gasteiger partial charge >= 0.3 is 132 Å². The molecular formula is C37H34F24N4OP4. The third-order valence-electron chi connectivity index (χ3n) is 8.05. The van der Waals surface area contributed by atoms with Crippen LogP contribution in [-0.4, -0.2) is 7.11 Å². The van der Waals surface area contributed by atoms with E-state index >= 15 is 0 Å². The number of ether oxygens (including phenoxy) is 1. The molecule has 16 aliphatic rings. The van der Waals surface area contributed by atoms with Crippen molar-refractivity contribution in [1.29, 1.82) is 0 Å². The Morgan fingerprint density at radius 2 is 0.500 bits per heavy atom. The van der Waals surface area contributed by atoms with Gasteiger partial charge in [-0.15, -0.1) is 0 Å². The average Bonchev–Trinajstić information content (AvgIpc) is 3.12. The third-order valence-corrected chi connectivity index (χ3v) is 8.05. The van der Waals surface area contributed by atoms with E-state index in [-0.39, 0.29) is 0 Å². The Balaban J connectivity index is 0.000000377. The number of aromatic nitrogens is 4. The molecule has 0 atom stereocenters. The van der Waals surface area contributed by atoms with Gasteiger partial charge in [-0.05, 0) is 34.4 Å². The van der Waals surface area contributed by atoms with Gasteiger partial charge in [-0.3, -0.25) is 0 Å². The second-order valence-electron chi connectivity index (χ2n) is 14.8. The zero-order chi connectivity index (χ0) is 53.9. The maximum atomic E-state index is 9.87. The molecule has 5 nitrogen and oxygen atoms in total. The van der Waals surface area contributed by atoms with E-state index in [4.69, 9.17) is 4.74 Å². The fourth-order valence-electron chi connectivity index (χ4n) is 5.62. The van der Waals surface area contributed by atoms with Crippen molar-refractivity contribution in [3.8, 4) is 28.0 Å². The van der Waals surface area contributed by atoms with Gasteiger partial charge in [0.1, 0.15) is 5.75 Å². The van der Waals surface area contributed by atoms with Gasteiger partial charge in [0.15, 0.2) is 75.8 Å². The number of pyridine rings is 4. The summed E-state index contributed by atoms with van der Waals surface area (Å²) < 4.78 is 251. The second-order valence-corrected chi connectivity index (χ2v) is 22.5. The quantitative estimate of drug-likeness (QED) is 0.0913. The predicted octanol–water partition coefficient (Wildman–Crippen LogP) is 18.2. The average molecular weight is 1130 g/mol. The van der Waals surface area contributed by atoms with Crippen molar-refractivity contribution in [2.45, 2.75) is 26.2 Å². The molecular weight excluding hydrogens is 1100 g/mol. The van der Waals surface area contributed by atoms with Crippen LogP contribution in [0, 0.1) is 0 Å². The van der Waals surface area contributed by atoms with E-state index in [1.165, 1.54) is 38.9 Å². The number of halogens is 24. The van der Waals surface area contributed by atoms with Gasteiger partial charge in [-0.1, -0.05) is 30.3 Å². The Bertz CT molecular complexity index is 2600. The van der Waals surface area contributed by atoms with Crippen LogP contribution in [0.3, 0.4) is 0 Å². The van der Waals surface area contributed by atoms with Crippen LogP contribution in [0.15, 0.2) is 141 Å². The fourth-order valence-corrected chi connectivity index (χ4v) is 5.62. The van der Waals surface area contributed by atoms with E-state index in [2.05, 4.69) is 159 Å². The van der Waals surface area contributed by atoms with Crippen LogP contribution in [0.4, 0.5) is 101 Å². The van der Waals surface area contributed by atoms with E-state index in [9.17, 15) is 101 Å². The zero-order valence-electron chi connectivity index (χ0n) is 34.7. The summed E-state index contributed by atoms with van der Waals surface area (Å²) in [5, 5.41) is 0. The van der Waals surface area contributed by atoms with Gasteiger partial charge in [0.05, 0.1) is 12.7 Å². The summed E-state index contributed by atoms with van der Waals surface area (Å²) in [7, 11) is -40.9. The van der Waals surface area contributed by atoms with Crippen molar-refractivity contribution in [2.24, 2.45) is 0 Å². The van der Waals surface area contributed by atoms with Gasteiger partial charge in [0, 0.05) is 65.2 Å². The second kappa shape index (κ2) is 17.0. The molecule has 0 amide bonds. The summed E-state index contributed by atoms with van der Waals surface area (Å²) in [5.41, 5.74) is 9.76. The number of methoxy groups -OCH3 is 1. The first kappa shape index (κ1) is 59.2. The molecule has 6 aromatic rings.